The maximum absolute atomic E-state index is 5.45. The van der Waals surface area contributed by atoms with Crippen LogP contribution in [0.5, 0.6) is 11.5 Å². The highest BCUT2D eigenvalue weighted by Crippen LogP contribution is 2.37. The normalized spacial score (nSPS) is 10.9. The Bertz CT molecular complexity index is 1090. The summed E-state index contributed by atoms with van der Waals surface area (Å²) >= 11 is 0. The van der Waals surface area contributed by atoms with E-state index < -0.39 is 0 Å². The van der Waals surface area contributed by atoms with Crippen LogP contribution in [0.3, 0.4) is 0 Å². The first-order valence-corrected chi connectivity index (χ1v) is 8.20. The largest absolute Gasteiger partial charge is 0.493 e. The summed E-state index contributed by atoms with van der Waals surface area (Å²) in [7, 11) is 3.25. The van der Waals surface area contributed by atoms with Gasteiger partial charge in [0.25, 0.3) is 0 Å². The number of nitrogens with zero attached hydrogens (tertiary/aromatic N) is 4. The number of hydrogen-bond acceptors (Lipinski definition) is 5. The Kier molecular flexibility index (Phi) is 4.01. The highest BCUT2D eigenvalue weighted by molar-refractivity contribution is 5.82. The van der Waals surface area contributed by atoms with Crippen LogP contribution in [0, 0.1) is 6.92 Å². The summed E-state index contributed by atoms with van der Waals surface area (Å²) < 4.78 is 12.8. The second-order valence-electron chi connectivity index (χ2n) is 5.85. The van der Waals surface area contributed by atoms with Crippen molar-refractivity contribution >= 4 is 5.78 Å². The molecule has 6 heteroatoms. The fourth-order valence-corrected chi connectivity index (χ4v) is 3.04. The van der Waals surface area contributed by atoms with Crippen molar-refractivity contribution < 1.29 is 9.47 Å². The molecule has 0 atom stereocenters. The van der Waals surface area contributed by atoms with Gasteiger partial charge in [0.15, 0.2) is 11.5 Å². The summed E-state index contributed by atoms with van der Waals surface area (Å²) in [5.74, 6) is 1.98. The molecule has 0 fully saturated rings. The van der Waals surface area contributed by atoms with Crippen LogP contribution < -0.4 is 9.47 Å². The van der Waals surface area contributed by atoms with Crippen LogP contribution in [0.2, 0.25) is 0 Å². The Morgan fingerprint density at radius 1 is 0.885 bits per heavy atom. The van der Waals surface area contributed by atoms with Crippen LogP contribution in [-0.2, 0) is 0 Å². The minimum absolute atomic E-state index is 0.641. The number of aryl methyl sites for hydroxylation is 1. The molecule has 0 saturated carbocycles. The van der Waals surface area contributed by atoms with Gasteiger partial charge in [-0.2, -0.15) is 0 Å². The van der Waals surface area contributed by atoms with Crippen molar-refractivity contribution in [1.29, 1.82) is 0 Å². The molecule has 4 rings (SSSR count). The molecule has 0 aliphatic carbocycles. The van der Waals surface area contributed by atoms with Crippen LogP contribution in [0.25, 0.3) is 28.3 Å². The van der Waals surface area contributed by atoms with Crippen LogP contribution >= 0.6 is 0 Å². The van der Waals surface area contributed by atoms with Gasteiger partial charge in [0.05, 0.1) is 25.6 Å². The zero-order chi connectivity index (χ0) is 18.1. The van der Waals surface area contributed by atoms with Crippen molar-refractivity contribution in [1.82, 2.24) is 19.4 Å². The molecular weight excluding hydrogens is 328 g/mol. The molecular formula is C20H18N4O2. The summed E-state index contributed by atoms with van der Waals surface area (Å²) in [5.41, 5.74) is 4.70. The van der Waals surface area contributed by atoms with E-state index in [1.165, 1.54) is 0 Å². The second-order valence-corrected chi connectivity index (χ2v) is 5.85. The van der Waals surface area contributed by atoms with Gasteiger partial charge in [-0.05, 0) is 43.3 Å². The van der Waals surface area contributed by atoms with Crippen molar-refractivity contribution in [2.24, 2.45) is 0 Å². The standard InChI is InChI=1S/C20H18N4O2/c1-13-11-15(7-9-21-13)19-18(23-20-22-8-4-10-24(19)20)14-5-6-16(25-2)17(12-14)26-3/h4-12H,1-3H3. The lowest BCUT2D eigenvalue weighted by atomic mass is 10.0. The summed E-state index contributed by atoms with van der Waals surface area (Å²) in [6, 6.07) is 11.7. The van der Waals surface area contributed by atoms with Crippen LogP contribution in [0.4, 0.5) is 0 Å². The van der Waals surface area contributed by atoms with Crippen molar-refractivity contribution in [2.75, 3.05) is 14.2 Å². The molecule has 4 aromatic rings. The van der Waals surface area contributed by atoms with Gasteiger partial charge in [-0.3, -0.25) is 9.38 Å². The molecule has 3 aromatic heterocycles. The van der Waals surface area contributed by atoms with Crippen LogP contribution in [0.1, 0.15) is 5.69 Å². The average molecular weight is 346 g/mol. The molecule has 0 N–H and O–H groups in total. The average Bonchev–Trinajstić information content (AvgIpc) is 3.07. The van der Waals surface area contributed by atoms with Crippen molar-refractivity contribution in [3.8, 4) is 34.0 Å². The van der Waals surface area contributed by atoms with E-state index in [2.05, 4.69) is 9.97 Å². The molecule has 130 valence electrons. The molecule has 0 radical (unpaired) electrons. The molecule has 0 bridgehead atoms. The van der Waals surface area contributed by atoms with E-state index >= 15 is 0 Å². The number of pyridine rings is 1. The van der Waals surface area contributed by atoms with Crippen molar-refractivity contribution in [3.05, 3.63) is 60.7 Å². The Hall–Kier alpha value is -3.41. The van der Waals surface area contributed by atoms with E-state index in [0.717, 1.165) is 28.2 Å². The Morgan fingerprint density at radius 2 is 1.73 bits per heavy atom. The molecule has 26 heavy (non-hydrogen) atoms. The van der Waals surface area contributed by atoms with E-state index in [1.807, 2.05) is 53.9 Å². The Morgan fingerprint density at radius 3 is 2.50 bits per heavy atom. The number of fused-ring (bicyclic) bond motifs is 1. The van der Waals surface area contributed by atoms with Gasteiger partial charge in [0.1, 0.15) is 0 Å². The molecule has 0 saturated heterocycles. The fourth-order valence-electron chi connectivity index (χ4n) is 3.04. The maximum atomic E-state index is 5.45. The minimum atomic E-state index is 0.641. The summed E-state index contributed by atoms with van der Waals surface area (Å²) in [5, 5.41) is 0. The highest BCUT2D eigenvalue weighted by Gasteiger charge is 2.18. The SMILES string of the molecule is COc1ccc(-c2nc3ncccn3c2-c2ccnc(C)c2)cc1OC. The van der Waals surface area contributed by atoms with Gasteiger partial charge < -0.3 is 9.47 Å². The lowest BCUT2D eigenvalue weighted by Gasteiger charge is -2.10. The molecule has 1 aromatic carbocycles. The third kappa shape index (κ3) is 2.65. The van der Waals surface area contributed by atoms with Gasteiger partial charge in [0.2, 0.25) is 5.78 Å². The van der Waals surface area contributed by atoms with Gasteiger partial charge in [0, 0.05) is 35.4 Å². The second kappa shape index (κ2) is 6.48. The monoisotopic (exact) mass is 346 g/mol. The predicted octanol–water partition coefficient (Wildman–Crippen LogP) is 3.78. The third-order valence-corrected chi connectivity index (χ3v) is 4.23. The number of benzene rings is 1. The molecule has 0 aliphatic rings. The lowest BCUT2D eigenvalue weighted by Crippen LogP contribution is -1.93. The molecule has 6 nitrogen and oxygen atoms in total. The number of ether oxygens (including phenoxy) is 2. The topological polar surface area (TPSA) is 61.5 Å². The molecule has 0 amide bonds. The van der Waals surface area contributed by atoms with E-state index in [0.29, 0.717) is 17.3 Å². The van der Waals surface area contributed by atoms with Gasteiger partial charge in [-0.25, -0.2) is 9.97 Å². The first-order chi connectivity index (χ1) is 12.7. The number of imidazole rings is 1. The summed E-state index contributed by atoms with van der Waals surface area (Å²) in [4.78, 5) is 13.4. The Balaban J connectivity index is 2.00. The van der Waals surface area contributed by atoms with E-state index in [1.54, 1.807) is 26.6 Å². The van der Waals surface area contributed by atoms with Gasteiger partial charge in [-0.1, -0.05) is 0 Å². The van der Waals surface area contributed by atoms with Crippen LogP contribution in [0.15, 0.2) is 55.0 Å². The van der Waals surface area contributed by atoms with Crippen LogP contribution in [-0.4, -0.2) is 33.6 Å². The number of methoxy groups -OCH3 is 2. The van der Waals surface area contributed by atoms with E-state index in [-0.39, 0.29) is 0 Å². The zero-order valence-electron chi connectivity index (χ0n) is 14.8. The molecule has 0 unspecified atom stereocenters. The zero-order valence-corrected chi connectivity index (χ0v) is 14.8. The third-order valence-electron chi connectivity index (χ3n) is 4.23. The van der Waals surface area contributed by atoms with Crippen molar-refractivity contribution in [2.45, 2.75) is 6.92 Å². The predicted molar refractivity (Wildman–Crippen MR) is 99.5 cm³/mol. The van der Waals surface area contributed by atoms with Crippen molar-refractivity contribution in [3.63, 3.8) is 0 Å². The number of aromatic nitrogens is 4. The van der Waals surface area contributed by atoms with Gasteiger partial charge in [-0.15, -0.1) is 0 Å². The summed E-state index contributed by atoms with van der Waals surface area (Å²) in [6.45, 7) is 1.97. The van der Waals surface area contributed by atoms with Gasteiger partial charge >= 0.3 is 0 Å². The maximum Gasteiger partial charge on any atom is 0.234 e. The molecule has 0 spiro atoms. The number of hydrogen-bond donors (Lipinski definition) is 0. The molecule has 3 heterocycles. The highest BCUT2D eigenvalue weighted by atomic mass is 16.5. The number of rotatable bonds is 4. The quantitative estimate of drug-likeness (QED) is 0.563. The Labute approximate surface area is 151 Å². The van der Waals surface area contributed by atoms with E-state index in [9.17, 15) is 0 Å². The van der Waals surface area contributed by atoms with E-state index in [4.69, 9.17) is 14.5 Å². The first-order valence-electron chi connectivity index (χ1n) is 8.20. The minimum Gasteiger partial charge on any atom is -0.493 e. The first kappa shape index (κ1) is 16.1. The lowest BCUT2D eigenvalue weighted by molar-refractivity contribution is 0.355. The molecule has 0 aliphatic heterocycles. The summed E-state index contributed by atoms with van der Waals surface area (Å²) in [6.07, 6.45) is 5.51. The fraction of sp³-hybridized carbons (Fsp3) is 0.150. The smallest absolute Gasteiger partial charge is 0.234 e.